The van der Waals surface area contributed by atoms with Crippen LogP contribution < -0.4 is 4.90 Å². The van der Waals surface area contributed by atoms with Crippen molar-refractivity contribution in [2.24, 2.45) is 0 Å². The van der Waals surface area contributed by atoms with Gasteiger partial charge in [-0.25, -0.2) is 9.97 Å². The lowest BCUT2D eigenvalue weighted by Crippen LogP contribution is -2.34. The summed E-state index contributed by atoms with van der Waals surface area (Å²) in [6, 6.07) is 0.504. The fourth-order valence-electron chi connectivity index (χ4n) is 3.68. The number of aryl methyl sites for hydroxylation is 2. The minimum Gasteiger partial charge on any atom is -0.351 e. The summed E-state index contributed by atoms with van der Waals surface area (Å²) in [5.74, 6) is 1.18. The Labute approximate surface area is 125 Å². The van der Waals surface area contributed by atoms with Gasteiger partial charge in [0.05, 0.1) is 18.8 Å². The van der Waals surface area contributed by atoms with Crippen LogP contribution in [0.3, 0.4) is 0 Å². The first kappa shape index (κ1) is 12.8. The molecule has 110 valence electrons. The zero-order chi connectivity index (χ0) is 14.2. The molecule has 1 fully saturated rings. The number of anilines is 1. The van der Waals surface area contributed by atoms with Crippen molar-refractivity contribution in [1.29, 1.82) is 0 Å². The zero-order valence-corrected chi connectivity index (χ0v) is 12.5. The summed E-state index contributed by atoms with van der Waals surface area (Å²) in [7, 11) is 0. The van der Waals surface area contributed by atoms with E-state index in [0.29, 0.717) is 6.04 Å². The third-order valence-electron chi connectivity index (χ3n) is 4.66. The van der Waals surface area contributed by atoms with Gasteiger partial charge in [0, 0.05) is 24.0 Å². The molecule has 0 radical (unpaired) electrons. The van der Waals surface area contributed by atoms with Gasteiger partial charge in [-0.15, -0.1) is 0 Å². The number of nitrogens with zero attached hydrogens (tertiary/aromatic N) is 5. The van der Waals surface area contributed by atoms with Gasteiger partial charge in [0.1, 0.15) is 12.1 Å². The summed E-state index contributed by atoms with van der Waals surface area (Å²) >= 11 is 0. The second-order valence-corrected chi connectivity index (χ2v) is 6.21. The van der Waals surface area contributed by atoms with Gasteiger partial charge in [-0.1, -0.05) is 0 Å². The second kappa shape index (κ2) is 5.13. The molecule has 2 aliphatic rings. The van der Waals surface area contributed by atoms with E-state index in [1.165, 1.54) is 41.9 Å². The highest BCUT2D eigenvalue weighted by molar-refractivity contribution is 5.52. The molecule has 2 aromatic rings. The Bertz CT molecular complexity index is 648. The number of aromatic nitrogens is 4. The molecule has 0 saturated carbocycles. The maximum absolute atomic E-state index is 4.61. The number of hydrogen-bond acceptors (Lipinski definition) is 4. The maximum atomic E-state index is 4.61. The fourth-order valence-corrected chi connectivity index (χ4v) is 3.68. The van der Waals surface area contributed by atoms with Crippen molar-refractivity contribution in [2.75, 3.05) is 11.4 Å². The van der Waals surface area contributed by atoms with Crippen LogP contribution >= 0.6 is 0 Å². The van der Waals surface area contributed by atoms with Crippen LogP contribution in [0.5, 0.6) is 0 Å². The first-order valence-electron chi connectivity index (χ1n) is 7.90. The molecular formula is C16H21N5. The van der Waals surface area contributed by atoms with Gasteiger partial charge in [0.25, 0.3) is 0 Å². The molecular weight excluding hydrogens is 262 g/mol. The minimum atomic E-state index is 0.504. The van der Waals surface area contributed by atoms with E-state index in [4.69, 9.17) is 0 Å². The van der Waals surface area contributed by atoms with Crippen LogP contribution in [0, 0.1) is 6.92 Å². The highest BCUT2D eigenvalue weighted by Gasteiger charge is 2.30. The molecule has 4 rings (SSSR count). The van der Waals surface area contributed by atoms with Crippen LogP contribution in [-0.2, 0) is 19.4 Å². The lowest BCUT2D eigenvalue weighted by Gasteiger charge is -2.27. The quantitative estimate of drug-likeness (QED) is 0.866. The summed E-state index contributed by atoms with van der Waals surface area (Å²) < 4.78 is 2.07. The van der Waals surface area contributed by atoms with Crippen molar-refractivity contribution in [1.82, 2.24) is 19.7 Å². The van der Waals surface area contributed by atoms with Crippen molar-refractivity contribution in [3.63, 3.8) is 0 Å². The largest absolute Gasteiger partial charge is 0.351 e. The van der Waals surface area contributed by atoms with Crippen molar-refractivity contribution < 1.29 is 0 Å². The van der Waals surface area contributed by atoms with E-state index in [1.807, 2.05) is 6.20 Å². The molecule has 1 saturated heterocycles. The Hall–Kier alpha value is -1.91. The van der Waals surface area contributed by atoms with E-state index in [1.54, 1.807) is 6.33 Å². The minimum absolute atomic E-state index is 0.504. The molecule has 1 unspecified atom stereocenters. The van der Waals surface area contributed by atoms with Crippen molar-refractivity contribution in [3.8, 4) is 0 Å². The molecule has 0 spiro atoms. The monoisotopic (exact) mass is 283 g/mol. The molecule has 21 heavy (non-hydrogen) atoms. The smallest absolute Gasteiger partial charge is 0.135 e. The highest BCUT2D eigenvalue weighted by atomic mass is 15.3. The molecule has 5 nitrogen and oxygen atoms in total. The standard InChI is InChI=1S/C16H21N5/c1-12-8-19-20(9-12)10-13-4-3-7-21(13)16-14-5-2-6-15(14)17-11-18-16/h8-9,11,13H,2-7,10H2,1H3. The summed E-state index contributed by atoms with van der Waals surface area (Å²) in [5, 5.41) is 4.44. The van der Waals surface area contributed by atoms with E-state index in [9.17, 15) is 0 Å². The van der Waals surface area contributed by atoms with Crippen LogP contribution in [0.25, 0.3) is 0 Å². The van der Waals surface area contributed by atoms with Gasteiger partial charge in [0.15, 0.2) is 0 Å². The summed E-state index contributed by atoms with van der Waals surface area (Å²) in [4.78, 5) is 11.6. The lowest BCUT2D eigenvalue weighted by atomic mass is 10.2. The Balaban J connectivity index is 1.60. The molecule has 0 bridgehead atoms. The maximum Gasteiger partial charge on any atom is 0.135 e. The number of hydrogen-bond donors (Lipinski definition) is 0. The molecule has 5 heteroatoms. The van der Waals surface area contributed by atoms with Crippen LogP contribution in [0.15, 0.2) is 18.7 Å². The fraction of sp³-hybridized carbons (Fsp3) is 0.562. The van der Waals surface area contributed by atoms with Gasteiger partial charge in [-0.2, -0.15) is 5.10 Å². The Morgan fingerprint density at radius 3 is 3.05 bits per heavy atom. The average molecular weight is 283 g/mol. The Kier molecular flexibility index (Phi) is 3.13. The predicted octanol–water partition coefficient (Wildman–Crippen LogP) is 2.14. The lowest BCUT2D eigenvalue weighted by molar-refractivity contribution is 0.506. The van der Waals surface area contributed by atoms with E-state index >= 15 is 0 Å². The molecule has 0 N–H and O–H groups in total. The summed E-state index contributed by atoms with van der Waals surface area (Å²) in [6.45, 7) is 4.15. The van der Waals surface area contributed by atoms with E-state index < -0.39 is 0 Å². The highest BCUT2D eigenvalue weighted by Crippen LogP contribution is 2.32. The third kappa shape index (κ3) is 2.30. The molecule has 2 aromatic heterocycles. The molecule has 3 heterocycles. The first-order chi connectivity index (χ1) is 10.3. The van der Waals surface area contributed by atoms with Crippen molar-refractivity contribution >= 4 is 5.82 Å². The van der Waals surface area contributed by atoms with Crippen LogP contribution in [-0.4, -0.2) is 32.3 Å². The van der Waals surface area contributed by atoms with Gasteiger partial charge in [-0.05, 0) is 44.6 Å². The molecule has 0 amide bonds. The van der Waals surface area contributed by atoms with Gasteiger partial charge in [0.2, 0.25) is 0 Å². The molecule has 1 atom stereocenters. The first-order valence-corrected chi connectivity index (χ1v) is 7.90. The average Bonchev–Trinajstić information content (AvgIpc) is 3.19. The normalized spacial score (nSPS) is 21.0. The zero-order valence-electron chi connectivity index (χ0n) is 12.5. The Morgan fingerprint density at radius 1 is 1.24 bits per heavy atom. The van der Waals surface area contributed by atoms with Crippen molar-refractivity contribution in [2.45, 2.75) is 51.6 Å². The molecule has 1 aliphatic heterocycles. The van der Waals surface area contributed by atoms with Gasteiger partial charge >= 0.3 is 0 Å². The summed E-state index contributed by atoms with van der Waals surface area (Å²) in [5.41, 5.74) is 3.88. The van der Waals surface area contributed by atoms with Gasteiger partial charge in [-0.3, -0.25) is 4.68 Å². The van der Waals surface area contributed by atoms with Crippen LogP contribution in [0.2, 0.25) is 0 Å². The molecule has 1 aliphatic carbocycles. The third-order valence-corrected chi connectivity index (χ3v) is 4.66. The van der Waals surface area contributed by atoms with Crippen molar-refractivity contribution in [3.05, 3.63) is 35.5 Å². The second-order valence-electron chi connectivity index (χ2n) is 6.21. The number of rotatable bonds is 3. The van der Waals surface area contributed by atoms with E-state index in [2.05, 4.69) is 37.8 Å². The van der Waals surface area contributed by atoms with Crippen LogP contribution in [0.4, 0.5) is 5.82 Å². The van der Waals surface area contributed by atoms with Gasteiger partial charge < -0.3 is 4.90 Å². The summed E-state index contributed by atoms with van der Waals surface area (Å²) in [6.07, 6.45) is 11.7. The topological polar surface area (TPSA) is 46.8 Å². The van der Waals surface area contributed by atoms with E-state index in [-0.39, 0.29) is 0 Å². The number of fused-ring (bicyclic) bond motifs is 1. The Morgan fingerprint density at radius 2 is 2.19 bits per heavy atom. The predicted molar refractivity (Wildman–Crippen MR) is 81.4 cm³/mol. The van der Waals surface area contributed by atoms with Crippen LogP contribution in [0.1, 0.15) is 36.1 Å². The SMILES string of the molecule is Cc1cnn(CC2CCCN2c2ncnc3c2CCC3)c1. The molecule has 0 aromatic carbocycles. The van der Waals surface area contributed by atoms with E-state index in [0.717, 1.165) is 25.9 Å².